The highest BCUT2D eigenvalue weighted by Crippen LogP contribution is 2.16. The molecule has 0 saturated carbocycles. The SMILES string of the molecule is Cc1ccc(F)c(NC(=O)c2cnc(C)cn2)c1. The summed E-state index contributed by atoms with van der Waals surface area (Å²) in [6, 6.07) is 4.51. The summed E-state index contributed by atoms with van der Waals surface area (Å²) in [7, 11) is 0. The summed E-state index contributed by atoms with van der Waals surface area (Å²) < 4.78 is 13.5. The molecule has 2 rings (SSSR count). The number of hydrogen-bond acceptors (Lipinski definition) is 3. The van der Waals surface area contributed by atoms with E-state index in [0.717, 1.165) is 5.56 Å². The van der Waals surface area contributed by atoms with Crippen LogP contribution in [0.3, 0.4) is 0 Å². The van der Waals surface area contributed by atoms with Crippen molar-refractivity contribution in [2.75, 3.05) is 5.32 Å². The molecule has 0 fully saturated rings. The van der Waals surface area contributed by atoms with Crippen LogP contribution >= 0.6 is 0 Å². The lowest BCUT2D eigenvalue weighted by Gasteiger charge is -2.06. The Hall–Kier alpha value is -2.30. The number of aromatic nitrogens is 2. The van der Waals surface area contributed by atoms with E-state index >= 15 is 0 Å². The van der Waals surface area contributed by atoms with Gasteiger partial charge in [0.25, 0.3) is 5.91 Å². The lowest BCUT2D eigenvalue weighted by atomic mass is 10.2. The number of amides is 1. The Morgan fingerprint density at radius 3 is 2.67 bits per heavy atom. The molecule has 2 aromatic rings. The van der Waals surface area contributed by atoms with E-state index in [1.54, 1.807) is 19.1 Å². The Labute approximate surface area is 104 Å². The summed E-state index contributed by atoms with van der Waals surface area (Å²) in [5.41, 5.74) is 1.87. The number of nitrogens with one attached hydrogen (secondary N) is 1. The van der Waals surface area contributed by atoms with Crippen molar-refractivity contribution in [1.82, 2.24) is 9.97 Å². The molecule has 0 spiro atoms. The predicted molar refractivity (Wildman–Crippen MR) is 65.9 cm³/mol. The van der Waals surface area contributed by atoms with E-state index in [0.29, 0.717) is 5.69 Å². The zero-order valence-corrected chi connectivity index (χ0v) is 10.1. The topological polar surface area (TPSA) is 54.9 Å². The van der Waals surface area contributed by atoms with Crippen LogP contribution in [-0.2, 0) is 0 Å². The molecule has 0 atom stereocenters. The van der Waals surface area contributed by atoms with Crippen molar-refractivity contribution in [3.05, 3.63) is 53.4 Å². The number of rotatable bonds is 2. The lowest BCUT2D eigenvalue weighted by Crippen LogP contribution is -2.15. The molecule has 92 valence electrons. The zero-order chi connectivity index (χ0) is 13.1. The molecule has 0 aliphatic heterocycles. The minimum atomic E-state index is -0.480. The summed E-state index contributed by atoms with van der Waals surface area (Å²) in [4.78, 5) is 19.7. The summed E-state index contributed by atoms with van der Waals surface area (Å²) in [6.07, 6.45) is 2.85. The van der Waals surface area contributed by atoms with Crippen molar-refractivity contribution in [1.29, 1.82) is 0 Å². The Balaban J connectivity index is 2.21. The van der Waals surface area contributed by atoms with E-state index in [-0.39, 0.29) is 11.4 Å². The molecule has 1 N–H and O–H groups in total. The fourth-order valence-electron chi connectivity index (χ4n) is 1.43. The van der Waals surface area contributed by atoms with Crippen LogP contribution in [0.2, 0.25) is 0 Å². The molecule has 1 aromatic carbocycles. The normalized spacial score (nSPS) is 10.2. The van der Waals surface area contributed by atoms with Gasteiger partial charge in [-0.3, -0.25) is 9.78 Å². The predicted octanol–water partition coefficient (Wildman–Crippen LogP) is 2.48. The maximum Gasteiger partial charge on any atom is 0.275 e. The maximum absolute atomic E-state index is 13.5. The lowest BCUT2D eigenvalue weighted by molar-refractivity contribution is 0.102. The summed E-state index contributed by atoms with van der Waals surface area (Å²) in [5, 5.41) is 2.47. The summed E-state index contributed by atoms with van der Waals surface area (Å²) in [5.74, 6) is -0.957. The standard InChI is InChI=1S/C13H12FN3O/c1-8-3-4-10(14)11(5-8)17-13(18)12-7-15-9(2)6-16-12/h3-7H,1-2H3,(H,17,18). The van der Waals surface area contributed by atoms with Gasteiger partial charge in [-0.2, -0.15) is 0 Å². The number of hydrogen-bond donors (Lipinski definition) is 1. The van der Waals surface area contributed by atoms with Crippen LogP contribution < -0.4 is 5.32 Å². The molecule has 0 aliphatic carbocycles. The highest BCUT2D eigenvalue weighted by molar-refractivity contribution is 6.02. The quantitative estimate of drug-likeness (QED) is 0.884. The van der Waals surface area contributed by atoms with Gasteiger partial charge in [0.2, 0.25) is 0 Å². The Morgan fingerprint density at radius 2 is 2.00 bits per heavy atom. The van der Waals surface area contributed by atoms with Crippen molar-refractivity contribution >= 4 is 11.6 Å². The van der Waals surface area contributed by atoms with Gasteiger partial charge in [0, 0.05) is 6.20 Å². The monoisotopic (exact) mass is 245 g/mol. The molecule has 1 heterocycles. The molecular formula is C13H12FN3O. The second kappa shape index (κ2) is 4.91. The molecule has 1 aromatic heterocycles. The van der Waals surface area contributed by atoms with Gasteiger partial charge < -0.3 is 5.32 Å². The summed E-state index contributed by atoms with van der Waals surface area (Å²) in [6.45, 7) is 3.59. The number of anilines is 1. The van der Waals surface area contributed by atoms with Gasteiger partial charge in [0.15, 0.2) is 0 Å². The molecule has 18 heavy (non-hydrogen) atoms. The second-order valence-electron chi connectivity index (χ2n) is 3.98. The number of carbonyl (C=O) groups excluding carboxylic acids is 1. The second-order valence-corrected chi connectivity index (χ2v) is 3.98. The van der Waals surface area contributed by atoms with Gasteiger partial charge in [0.05, 0.1) is 17.6 Å². The van der Waals surface area contributed by atoms with Crippen molar-refractivity contribution in [2.45, 2.75) is 13.8 Å². The number of nitrogens with zero attached hydrogens (tertiary/aromatic N) is 2. The van der Waals surface area contributed by atoms with Crippen molar-refractivity contribution < 1.29 is 9.18 Å². The molecule has 1 amide bonds. The van der Waals surface area contributed by atoms with Crippen LogP contribution in [0.15, 0.2) is 30.6 Å². The van der Waals surface area contributed by atoms with E-state index in [1.807, 2.05) is 6.92 Å². The first-order chi connectivity index (χ1) is 8.56. The van der Waals surface area contributed by atoms with Crippen LogP contribution in [0.5, 0.6) is 0 Å². The van der Waals surface area contributed by atoms with E-state index in [1.165, 1.54) is 18.5 Å². The fraction of sp³-hybridized carbons (Fsp3) is 0.154. The third kappa shape index (κ3) is 2.68. The molecule has 0 radical (unpaired) electrons. The van der Waals surface area contributed by atoms with E-state index < -0.39 is 11.7 Å². The third-order valence-electron chi connectivity index (χ3n) is 2.38. The van der Waals surface area contributed by atoms with Gasteiger partial charge in [-0.15, -0.1) is 0 Å². The van der Waals surface area contributed by atoms with E-state index in [9.17, 15) is 9.18 Å². The van der Waals surface area contributed by atoms with Gasteiger partial charge in [0.1, 0.15) is 11.5 Å². The van der Waals surface area contributed by atoms with Gasteiger partial charge >= 0.3 is 0 Å². The number of halogens is 1. The first-order valence-electron chi connectivity index (χ1n) is 5.42. The van der Waals surface area contributed by atoms with E-state index in [4.69, 9.17) is 0 Å². The summed E-state index contributed by atoms with van der Waals surface area (Å²) >= 11 is 0. The zero-order valence-electron chi connectivity index (χ0n) is 10.1. The van der Waals surface area contributed by atoms with Gasteiger partial charge in [-0.05, 0) is 31.5 Å². The molecule has 0 bridgehead atoms. The van der Waals surface area contributed by atoms with Crippen LogP contribution in [0, 0.1) is 19.7 Å². The van der Waals surface area contributed by atoms with Crippen LogP contribution in [0.4, 0.5) is 10.1 Å². The first-order valence-corrected chi connectivity index (χ1v) is 5.42. The van der Waals surface area contributed by atoms with Crippen LogP contribution in [0.1, 0.15) is 21.7 Å². The first kappa shape index (κ1) is 12.2. The number of benzene rings is 1. The molecular weight excluding hydrogens is 233 g/mol. The average Bonchev–Trinajstić information content (AvgIpc) is 2.34. The fourth-order valence-corrected chi connectivity index (χ4v) is 1.43. The maximum atomic E-state index is 13.5. The molecule has 5 heteroatoms. The van der Waals surface area contributed by atoms with Gasteiger partial charge in [-0.25, -0.2) is 9.37 Å². The molecule has 0 saturated heterocycles. The van der Waals surface area contributed by atoms with Gasteiger partial charge in [-0.1, -0.05) is 6.07 Å². The van der Waals surface area contributed by atoms with Crippen molar-refractivity contribution in [3.63, 3.8) is 0 Å². The largest absolute Gasteiger partial charge is 0.318 e. The molecule has 0 unspecified atom stereocenters. The third-order valence-corrected chi connectivity index (χ3v) is 2.38. The highest BCUT2D eigenvalue weighted by atomic mass is 19.1. The van der Waals surface area contributed by atoms with Crippen LogP contribution in [0.25, 0.3) is 0 Å². The Bertz CT molecular complexity index is 581. The highest BCUT2D eigenvalue weighted by Gasteiger charge is 2.10. The molecule has 4 nitrogen and oxygen atoms in total. The number of aryl methyl sites for hydroxylation is 2. The Kier molecular flexibility index (Phi) is 3.32. The van der Waals surface area contributed by atoms with Crippen LogP contribution in [-0.4, -0.2) is 15.9 Å². The van der Waals surface area contributed by atoms with Crippen molar-refractivity contribution in [3.8, 4) is 0 Å². The number of carbonyl (C=O) groups is 1. The average molecular weight is 245 g/mol. The molecule has 0 aliphatic rings. The smallest absolute Gasteiger partial charge is 0.275 e. The minimum absolute atomic E-state index is 0.141. The Morgan fingerprint density at radius 1 is 1.22 bits per heavy atom. The minimum Gasteiger partial charge on any atom is -0.318 e. The van der Waals surface area contributed by atoms with E-state index in [2.05, 4.69) is 15.3 Å². The van der Waals surface area contributed by atoms with Crippen molar-refractivity contribution in [2.24, 2.45) is 0 Å².